The van der Waals surface area contributed by atoms with E-state index in [9.17, 15) is 0 Å². The van der Waals surface area contributed by atoms with Gasteiger partial charge >= 0.3 is 0 Å². The molecule has 1 saturated heterocycles. The molecule has 1 unspecified atom stereocenters. The first-order valence-electron chi connectivity index (χ1n) is 6.94. The van der Waals surface area contributed by atoms with Crippen molar-refractivity contribution in [2.45, 2.75) is 31.7 Å². The van der Waals surface area contributed by atoms with E-state index in [0.29, 0.717) is 6.04 Å². The van der Waals surface area contributed by atoms with Crippen LogP contribution in [0.5, 0.6) is 5.75 Å². The largest absolute Gasteiger partial charge is 0.494 e. The van der Waals surface area contributed by atoms with Gasteiger partial charge in [0, 0.05) is 19.3 Å². The van der Waals surface area contributed by atoms with Gasteiger partial charge in [0.2, 0.25) is 0 Å². The van der Waals surface area contributed by atoms with Gasteiger partial charge in [0.05, 0.1) is 6.61 Å². The molecule has 0 saturated carbocycles. The van der Waals surface area contributed by atoms with Crippen LogP contribution in [-0.2, 0) is 4.74 Å². The van der Waals surface area contributed by atoms with Crippen LogP contribution in [0.2, 0.25) is 0 Å². The van der Waals surface area contributed by atoms with Crippen LogP contribution in [0.15, 0.2) is 30.3 Å². The zero-order chi connectivity index (χ0) is 12.5. The summed E-state index contributed by atoms with van der Waals surface area (Å²) in [5.41, 5.74) is 0. The summed E-state index contributed by atoms with van der Waals surface area (Å²) in [6, 6.07) is 10.6. The van der Waals surface area contributed by atoms with Crippen molar-refractivity contribution >= 4 is 0 Å². The fourth-order valence-corrected chi connectivity index (χ4v) is 2.19. The summed E-state index contributed by atoms with van der Waals surface area (Å²) in [6.07, 6.45) is 4.60. The van der Waals surface area contributed by atoms with Crippen LogP contribution in [-0.4, -0.2) is 32.4 Å². The Kier molecular flexibility index (Phi) is 6.03. The molecule has 0 radical (unpaired) electrons. The van der Waals surface area contributed by atoms with Gasteiger partial charge in [-0.2, -0.15) is 0 Å². The van der Waals surface area contributed by atoms with Gasteiger partial charge in [0.1, 0.15) is 5.75 Å². The highest BCUT2D eigenvalue weighted by Gasteiger charge is 2.10. The second-order valence-electron chi connectivity index (χ2n) is 4.71. The van der Waals surface area contributed by atoms with Gasteiger partial charge in [0.15, 0.2) is 0 Å². The second kappa shape index (κ2) is 8.11. The molecule has 3 nitrogen and oxygen atoms in total. The van der Waals surface area contributed by atoms with Gasteiger partial charge in [-0.1, -0.05) is 18.2 Å². The topological polar surface area (TPSA) is 30.5 Å². The highest BCUT2D eigenvalue weighted by Crippen LogP contribution is 2.09. The Morgan fingerprint density at radius 1 is 1.17 bits per heavy atom. The molecular formula is C15H23NO2. The molecule has 2 rings (SSSR count). The maximum Gasteiger partial charge on any atom is 0.119 e. The Bertz CT molecular complexity index is 308. The lowest BCUT2D eigenvalue weighted by Gasteiger charge is -2.15. The van der Waals surface area contributed by atoms with Crippen molar-refractivity contribution in [3.8, 4) is 5.75 Å². The summed E-state index contributed by atoms with van der Waals surface area (Å²) >= 11 is 0. The van der Waals surface area contributed by atoms with E-state index < -0.39 is 0 Å². The number of benzene rings is 1. The molecule has 0 bridgehead atoms. The third-order valence-corrected chi connectivity index (χ3v) is 3.22. The van der Waals surface area contributed by atoms with E-state index in [-0.39, 0.29) is 0 Å². The quantitative estimate of drug-likeness (QED) is 0.786. The van der Waals surface area contributed by atoms with Crippen molar-refractivity contribution in [2.24, 2.45) is 0 Å². The van der Waals surface area contributed by atoms with Crippen LogP contribution in [0.4, 0.5) is 0 Å². The predicted molar refractivity (Wildman–Crippen MR) is 73.0 cm³/mol. The van der Waals surface area contributed by atoms with Crippen LogP contribution in [0.3, 0.4) is 0 Å². The lowest BCUT2D eigenvalue weighted by molar-refractivity contribution is 0.142. The SMILES string of the molecule is c1ccc(OCCCNC2CCCOCC2)cc1. The average Bonchev–Trinajstić information content (AvgIpc) is 2.68. The minimum absolute atomic E-state index is 0.629. The molecule has 100 valence electrons. The Morgan fingerprint density at radius 2 is 2.06 bits per heavy atom. The molecule has 0 aliphatic carbocycles. The van der Waals surface area contributed by atoms with Crippen molar-refractivity contribution in [1.82, 2.24) is 5.32 Å². The molecule has 3 heteroatoms. The van der Waals surface area contributed by atoms with Crippen molar-refractivity contribution in [3.63, 3.8) is 0 Å². The summed E-state index contributed by atoms with van der Waals surface area (Å²) < 4.78 is 11.1. The molecule has 0 spiro atoms. The van der Waals surface area contributed by atoms with Crippen LogP contribution >= 0.6 is 0 Å². The minimum Gasteiger partial charge on any atom is -0.494 e. The van der Waals surface area contributed by atoms with Gasteiger partial charge in [0.25, 0.3) is 0 Å². The molecule has 1 heterocycles. The van der Waals surface area contributed by atoms with Crippen molar-refractivity contribution in [2.75, 3.05) is 26.4 Å². The first-order chi connectivity index (χ1) is 8.95. The summed E-state index contributed by atoms with van der Waals surface area (Å²) in [5, 5.41) is 3.59. The van der Waals surface area contributed by atoms with Crippen LogP contribution in [0.1, 0.15) is 25.7 Å². The van der Waals surface area contributed by atoms with Gasteiger partial charge in [-0.3, -0.25) is 0 Å². The van der Waals surface area contributed by atoms with Crippen LogP contribution in [0, 0.1) is 0 Å². The molecule has 1 N–H and O–H groups in total. The third kappa shape index (κ3) is 5.07. The third-order valence-electron chi connectivity index (χ3n) is 3.22. The highest BCUT2D eigenvalue weighted by atomic mass is 16.5. The van der Waals surface area contributed by atoms with Crippen molar-refractivity contribution in [3.05, 3.63) is 30.3 Å². The monoisotopic (exact) mass is 249 g/mol. The Hall–Kier alpha value is -1.06. The van der Waals surface area contributed by atoms with Crippen molar-refractivity contribution < 1.29 is 9.47 Å². The fourth-order valence-electron chi connectivity index (χ4n) is 2.19. The Balaban J connectivity index is 1.53. The molecule has 0 amide bonds. The number of ether oxygens (including phenoxy) is 2. The number of hydrogen-bond donors (Lipinski definition) is 1. The number of nitrogens with one attached hydrogen (secondary N) is 1. The molecule has 1 aromatic rings. The van der Waals surface area contributed by atoms with Gasteiger partial charge in [-0.25, -0.2) is 0 Å². The van der Waals surface area contributed by atoms with E-state index in [0.717, 1.165) is 45.0 Å². The van der Waals surface area contributed by atoms with Gasteiger partial charge in [-0.15, -0.1) is 0 Å². The lowest BCUT2D eigenvalue weighted by Crippen LogP contribution is -2.30. The fraction of sp³-hybridized carbons (Fsp3) is 0.600. The summed E-state index contributed by atoms with van der Waals surface area (Å²) in [7, 11) is 0. The molecule has 1 atom stereocenters. The first kappa shape index (κ1) is 13.4. The zero-order valence-corrected chi connectivity index (χ0v) is 10.9. The van der Waals surface area contributed by atoms with E-state index in [1.54, 1.807) is 0 Å². The normalized spacial score (nSPS) is 20.3. The van der Waals surface area contributed by atoms with Crippen LogP contribution < -0.4 is 10.1 Å². The molecule has 0 aromatic heterocycles. The van der Waals surface area contributed by atoms with Crippen LogP contribution in [0.25, 0.3) is 0 Å². The molecular weight excluding hydrogens is 226 g/mol. The van der Waals surface area contributed by atoms with Crippen molar-refractivity contribution in [1.29, 1.82) is 0 Å². The number of hydrogen-bond acceptors (Lipinski definition) is 3. The molecule has 1 aromatic carbocycles. The maximum absolute atomic E-state index is 5.66. The van der Waals surface area contributed by atoms with E-state index in [2.05, 4.69) is 5.32 Å². The first-order valence-corrected chi connectivity index (χ1v) is 6.94. The highest BCUT2D eigenvalue weighted by molar-refractivity contribution is 5.20. The van der Waals surface area contributed by atoms with E-state index in [1.807, 2.05) is 30.3 Å². The number of rotatable bonds is 6. The van der Waals surface area contributed by atoms with Gasteiger partial charge in [-0.05, 0) is 44.4 Å². The molecule has 18 heavy (non-hydrogen) atoms. The Labute approximate surface area is 109 Å². The summed E-state index contributed by atoms with van der Waals surface area (Å²) in [6.45, 7) is 3.63. The summed E-state index contributed by atoms with van der Waals surface area (Å²) in [4.78, 5) is 0. The standard InChI is InChI=1S/C15H23NO2/c1-2-7-15(8-3-1)18-12-5-10-16-14-6-4-11-17-13-9-14/h1-3,7-8,14,16H,4-6,9-13H2. The summed E-state index contributed by atoms with van der Waals surface area (Å²) in [5.74, 6) is 0.959. The zero-order valence-electron chi connectivity index (χ0n) is 10.9. The Morgan fingerprint density at radius 3 is 2.94 bits per heavy atom. The number of para-hydroxylation sites is 1. The molecule has 1 aliphatic rings. The maximum atomic E-state index is 5.66. The lowest BCUT2D eigenvalue weighted by atomic mass is 10.1. The minimum atomic E-state index is 0.629. The van der Waals surface area contributed by atoms with E-state index >= 15 is 0 Å². The van der Waals surface area contributed by atoms with E-state index in [1.165, 1.54) is 12.8 Å². The smallest absolute Gasteiger partial charge is 0.119 e. The average molecular weight is 249 g/mol. The second-order valence-corrected chi connectivity index (χ2v) is 4.71. The van der Waals surface area contributed by atoms with E-state index in [4.69, 9.17) is 9.47 Å². The predicted octanol–water partition coefficient (Wildman–Crippen LogP) is 2.61. The molecule has 1 aliphatic heterocycles. The molecule has 1 fully saturated rings. The van der Waals surface area contributed by atoms with Gasteiger partial charge < -0.3 is 14.8 Å².